The molecule has 1 aliphatic rings. The van der Waals surface area contributed by atoms with Crippen molar-refractivity contribution in [2.45, 2.75) is 13.0 Å². The fraction of sp³-hybridized carbons (Fsp3) is 0.417. The molecule has 0 aliphatic carbocycles. The summed E-state index contributed by atoms with van der Waals surface area (Å²) in [6.45, 7) is 4.27. The summed E-state index contributed by atoms with van der Waals surface area (Å²) in [5.74, 6) is 0. The van der Waals surface area contributed by atoms with E-state index in [4.69, 9.17) is 22.1 Å². The molecule has 1 atom stereocenters. The second-order valence-corrected chi connectivity index (χ2v) is 4.33. The SMILES string of the molecule is CCN(C[C@H]1COC(N)=N1)c1ccccc1Cl. The highest BCUT2D eigenvalue weighted by Gasteiger charge is 2.20. The van der Waals surface area contributed by atoms with Crippen molar-refractivity contribution in [1.82, 2.24) is 0 Å². The third-order valence-corrected chi connectivity index (χ3v) is 3.06. The zero-order valence-electron chi connectivity index (χ0n) is 9.77. The number of aliphatic imine (C=N–C) groups is 1. The maximum Gasteiger partial charge on any atom is 0.282 e. The Balaban J connectivity index is 2.09. The molecular formula is C12H16ClN3O. The van der Waals surface area contributed by atoms with Gasteiger partial charge in [-0.2, -0.15) is 0 Å². The molecule has 2 rings (SSSR count). The minimum Gasteiger partial charge on any atom is -0.463 e. The maximum absolute atomic E-state index is 6.18. The molecule has 0 radical (unpaired) electrons. The van der Waals surface area contributed by atoms with E-state index < -0.39 is 0 Å². The molecule has 0 fully saturated rings. The summed E-state index contributed by atoms with van der Waals surface area (Å²) >= 11 is 6.18. The van der Waals surface area contributed by atoms with Crippen molar-refractivity contribution < 1.29 is 4.74 Å². The highest BCUT2D eigenvalue weighted by molar-refractivity contribution is 6.33. The van der Waals surface area contributed by atoms with Crippen LogP contribution >= 0.6 is 11.6 Å². The maximum atomic E-state index is 6.18. The quantitative estimate of drug-likeness (QED) is 0.892. The third kappa shape index (κ3) is 2.82. The van der Waals surface area contributed by atoms with Gasteiger partial charge in [0, 0.05) is 13.1 Å². The average Bonchev–Trinajstić information content (AvgIpc) is 2.73. The molecule has 4 nitrogen and oxygen atoms in total. The van der Waals surface area contributed by atoms with Gasteiger partial charge in [0.1, 0.15) is 12.6 Å². The van der Waals surface area contributed by atoms with Crippen molar-refractivity contribution in [1.29, 1.82) is 0 Å². The summed E-state index contributed by atoms with van der Waals surface area (Å²) in [4.78, 5) is 6.40. The van der Waals surface area contributed by atoms with E-state index in [-0.39, 0.29) is 12.1 Å². The van der Waals surface area contributed by atoms with Gasteiger partial charge in [0.15, 0.2) is 0 Å². The number of para-hydroxylation sites is 1. The topological polar surface area (TPSA) is 50.9 Å². The fourth-order valence-electron chi connectivity index (χ4n) is 1.89. The lowest BCUT2D eigenvalue weighted by Gasteiger charge is -2.25. The smallest absolute Gasteiger partial charge is 0.282 e. The van der Waals surface area contributed by atoms with Crippen molar-refractivity contribution >= 4 is 23.3 Å². The molecule has 0 aromatic heterocycles. The summed E-state index contributed by atoms with van der Waals surface area (Å²) in [6.07, 6.45) is 0. The molecule has 1 aromatic carbocycles. The van der Waals surface area contributed by atoms with Crippen molar-refractivity contribution in [3.05, 3.63) is 29.3 Å². The van der Waals surface area contributed by atoms with E-state index in [1.165, 1.54) is 0 Å². The number of benzene rings is 1. The number of nitrogens with zero attached hydrogens (tertiary/aromatic N) is 2. The molecule has 1 aliphatic heterocycles. The molecular weight excluding hydrogens is 238 g/mol. The van der Waals surface area contributed by atoms with Crippen LogP contribution in [0.1, 0.15) is 6.92 Å². The van der Waals surface area contributed by atoms with Crippen LogP contribution in [0.5, 0.6) is 0 Å². The lowest BCUT2D eigenvalue weighted by atomic mass is 10.2. The second kappa shape index (κ2) is 5.27. The number of ether oxygens (including phenoxy) is 1. The minimum atomic E-state index is 0.0891. The molecule has 0 bridgehead atoms. The number of hydrogen-bond acceptors (Lipinski definition) is 4. The van der Waals surface area contributed by atoms with Crippen LogP contribution in [0.15, 0.2) is 29.3 Å². The zero-order chi connectivity index (χ0) is 12.3. The van der Waals surface area contributed by atoms with Crippen LogP contribution in [0.25, 0.3) is 0 Å². The molecule has 92 valence electrons. The highest BCUT2D eigenvalue weighted by atomic mass is 35.5. The molecule has 17 heavy (non-hydrogen) atoms. The molecule has 0 spiro atoms. The fourth-order valence-corrected chi connectivity index (χ4v) is 2.15. The first-order chi connectivity index (χ1) is 8.20. The largest absolute Gasteiger partial charge is 0.463 e. The number of nitrogens with two attached hydrogens (primary N) is 1. The molecule has 2 N–H and O–H groups in total. The first kappa shape index (κ1) is 12.0. The molecule has 0 saturated heterocycles. The predicted molar refractivity (Wildman–Crippen MR) is 70.7 cm³/mol. The first-order valence-corrected chi connectivity index (χ1v) is 6.04. The Labute approximate surface area is 106 Å². The van der Waals surface area contributed by atoms with Gasteiger partial charge in [0.2, 0.25) is 0 Å². The van der Waals surface area contributed by atoms with Gasteiger partial charge in [-0.15, -0.1) is 0 Å². The number of amidine groups is 1. The Morgan fingerprint density at radius 3 is 2.88 bits per heavy atom. The van der Waals surface area contributed by atoms with Crippen LogP contribution in [0, 0.1) is 0 Å². The standard InChI is InChI=1S/C12H16ClN3O/c1-2-16(7-9-8-17-12(14)15-9)11-6-4-3-5-10(11)13/h3-6,9H,2,7-8H2,1H3,(H2,14,15)/t9-/m0/s1. The third-order valence-electron chi connectivity index (χ3n) is 2.74. The van der Waals surface area contributed by atoms with Gasteiger partial charge < -0.3 is 15.4 Å². The van der Waals surface area contributed by atoms with Gasteiger partial charge in [-0.25, -0.2) is 4.99 Å². The predicted octanol–water partition coefficient (Wildman–Crippen LogP) is 1.88. The number of halogens is 1. The molecule has 0 amide bonds. The number of likely N-dealkylation sites (N-methyl/N-ethyl adjacent to an activating group) is 1. The normalized spacial score (nSPS) is 18.7. The number of anilines is 1. The molecule has 0 saturated carbocycles. The van der Waals surface area contributed by atoms with E-state index >= 15 is 0 Å². The van der Waals surface area contributed by atoms with E-state index in [2.05, 4.69) is 16.8 Å². The second-order valence-electron chi connectivity index (χ2n) is 3.92. The van der Waals surface area contributed by atoms with Crippen molar-refractivity contribution in [3.63, 3.8) is 0 Å². The van der Waals surface area contributed by atoms with Gasteiger partial charge in [-0.3, -0.25) is 0 Å². The summed E-state index contributed by atoms with van der Waals surface area (Å²) in [6, 6.07) is 8.18. The Kier molecular flexibility index (Phi) is 3.74. The highest BCUT2D eigenvalue weighted by Crippen LogP contribution is 2.25. The molecule has 1 heterocycles. The van der Waals surface area contributed by atoms with Crippen LogP contribution in [0.2, 0.25) is 5.02 Å². The van der Waals surface area contributed by atoms with Crippen molar-refractivity contribution in [2.75, 3.05) is 24.6 Å². The Hall–Kier alpha value is -1.42. The number of rotatable bonds is 4. The van der Waals surface area contributed by atoms with Crippen LogP contribution in [-0.4, -0.2) is 31.8 Å². The summed E-state index contributed by atoms with van der Waals surface area (Å²) in [7, 11) is 0. The van der Waals surface area contributed by atoms with E-state index in [9.17, 15) is 0 Å². The molecule has 1 aromatic rings. The number of hydrogen-bond donors (Lipinski definition) is 1. The monoisotopic (exact) mass is 253 g/mol. The van der Waals surface area contributed by atoms with Crippen LogP contribution in [0.4, 0.5) is 5.69 Å². The van der Waals surface area contributed by atoms with Crippen molar-refractivity contribution in [3.8, 4) is 0 Å². The molecule has 5 heteroatoms. The van der Waals surface area contributed by atoms with Gasteiger partial charge in [-0.1, -0.05) is 23.7 Å². The van der Waals surface area contributed by atoms with Crippen LogP contribution in [-0.2, 0) is 4.74 Å². The lowest BCUT2D eigenvalue weighted by Crippen LogP contribution is -2.32. The van der Waals surface area contributed by atoms with Crippen molar-refractivity contribution in [2.24, 2.45) is 10.7 Å². The van der Waals surface area contributed by atoms with E-state index in [0.29, 0.717) is 6.61 Å². The van der Waals surface area contributed by atoms with Gasteiger partial charge in [-0.05, 0) is 19.1 Å². The van der Waals surface area contributed by atoms with Gasteiger partial charge >= 0.3 is 0 Å². The van der Waals surface area contributed by atoms with Crippen LogP contribution in [0.3, 0.4) is 0 Å². The summed E-state index contributed by atoms with van der Waals surface area (Å²) in [5.41, 5.74) is 6.52. The summed E-state index contributed by atoms with van der Waals surface area (Å²) < 4.78 is 5.15. The van der Waals surface area contributed by atoms with E-state index in [1.54, 1.807) is 0 Å². The first-order valence-electron chi connectivity index (χ1n) is 5.66. The van der Waals surface area contributed by atoms with E-state index in [0.717, 1.165) is 23.8 Å². The average molecular weight is 254 g/mol. The van der Waals surface area contributed by atoms with Gasteiger partial charge in [0.05, 0.1) is 10.7 Å². The Morgan fingerprint density at radius 2 is 2.29 bits per heavy atom. The Morgan fingerprint density at radius 1 is 1.53 bits per heavy atom. The molecule has 0 unspecified atom stereocenters. The van der Waals surface area contributed by atoms with E-state index in [1.807, 2.05) is 24.3 Å². The Bertz CT molecular complexity index is 422. The summed E-state index contributed by atoms with van der Waals surface area (Å²) in [5, 5.41) is 0.755. The zero-order valence-corrected chi connectivity index (χ0v) is 10.5. The minimum absolute atomic E-state index is 0.0891. The van der Waals surface area contributed by atoms with Gasteiger partial charge in [0.25, 0.3) is 6.02 Å². The van der Waals surface area contributed by atoms with Crippen LogP contribution < -0.4 is 10.6 Å². The lowest BCUT2D eigenvalue weighted by molar-refractivity contribution is 0.313.